The molecule has 0 amide bonds. The maximum Gasteiger partial charge on any atom is 0.303 e. The highest BCUT2D eigenvalue weighted by Crippen LogP contribution is 2.10. The van der Waals surface area contributed by atoms with Crippen LogP contribution >= 0.6 is 0 Å². The molecule has 0 aromatic carbocycles. The minimum atomic E-state index is -1.08. The molecular formula is C8H12O3. The zero-order chi connectivity index (χ0) is 9.07. The average molecular weight is 156 g/mol. The molecule has 0 aromatic rings. The van der Waals surface area contributed by atoms with E-state index < -0.39 is 11.6 Å². The van der Waals surface area contributed by atoms with Crippen LogP contribution in [0.4, 0.5) is 0 Å². The molecular weight excluding hydrogens is 144 g/mol. The Morgan fingerprint density at radius 3 is 2.18 bits per heavy atom. The lowest BCUT2D eigenvalue weighted by molar-refractivity contribution is -0.159. The second-order valence-electron chi connectivity index (χ2n) is 2.67. The van der Waals surface area contributed by atoms with Crippen molar-refractivity contribution < 1.29 is 14.3 Å². The number of hydrogen-bond donors (Lipinski definition) is 0. The summed E-state index contributed by atoms with van der Waals surface area (Å²) in [5.74, 6) is -0.766. The van der Waals surface area contributed by atoms with E-state index in [1.54, 1.807) is 0 Å². The minimum Gasteiger partial charge on any atom is -0.451 e. The first-order valence-electron chi connectivity index (χ1n) is 3.26. The third kappa shape index (κ3) is 2.98. The van der Waals surface area contributed by atoms with Crippen molar-refractivity contribution >= 4 is 11.8 Å². The standard InChI is InChI=1S/C8H12O3/c1-5-7(10)8(3,4)11-6(2)9/h5H,1H2,2-4H3. The molecule has 0 N–H and O–H groups in total. The van der Waals surface area contributed by atoms with E-state index in [9.17, 15) is 9.59 Å². The van der Waals surface area contributed by atoms with Crippen molar-refractivity contribution in [3.05, 3.63) is 12.7 Å². The van der Waals surface area contributed by atoms with E-state index in [2.05, 4.69) is 6.58 Å². The molecule has 0 fully saturated rings. The van der Waals surface area contributed by atoms with Crippen molar-refractivity contribution in [2.45, 2.75) is 26.4 Å². The molecule has 0 spiro atoms. The molecule has 0 radical (unpaired) electrons. The summed E-state index contributed by atoms with van der Waals surface area (Å²) in [6, 6.07) is 0. The molecule has 0 bridgehead atoms. The molecule has 3 heteroatoms. The molecule has 0 aromatic heterocycles. The molecule has 0 atom stereocenters. The van der Waals surface area contributed by atoms with E-state index in [0.717, 1.165) is 6.08 Å². The van der Waals surface area contributed by atoms with Crippen LogP contribution in [0.3, 0.4) is 0 Å². The fourth-order valence-electron chi connectivity index (χ4n) is 0.655. The lowest BCUT2D eigenvalue weighted by atomic mass is 10.0. The number of rotatable bonds is 3. The summed E-state index contributed by atoms with van der Waals surface area (Å²) in [7, 11) is 0. The molecule has 3 nitrogen and oxygen atoms in total. The molecule has 0 aliphatic carbocycles. The number of ether oxygens (including phenoxy) is 1. The lowest BCUT2D eigenvalue weighted by Crippen LogP contribution is -2.35. The normalized spacial score (nSPS) is 10.5. The first kappa shape index (κ1) is 9.88. The van der Waals surface area contributed by atoms with Crippen LogP contribution in [0.1, 0.15) is 20.8 Å². The van der Waals surface area contributed by atoms with Crippen molar-refractivity contribution in [3.63, 3.8) is 0 Å². The zero-order valence-electron chi connectivity index (χ0n) is 7.01. The maximum atomic E-state index is 11.0. The fraction of sp³-hybridized carbons (Fsp3) is 0.500. The molecule has 0 heterocycles. The molecule has 0 saturated carbocycles. The number of ketones is 1. The number of carbonyl (C=O) groups is 2. The van der Waals surface area contributed by atoms with Gasteiger partial charge in [-0.25, -0.2) is 0 Å². The second-order valence-corrected chi connectivity index (χ2v) is 2.67. The van der Waals surface area contributed by atoms with Gasteiger partial charge in [0.15, 0.2) is 11.4 Å². The quantitative estimate of drug-likeness (QED) is 0.453. The molecule has 62 valence electrons. The van der Waals surface area contributed by atoms with Crippen LogP contribution in [0.15, 0.2) is 12.7 Å². The molecule has 0 rings (SSSR count). The molecule has 0 aliphatic heterocycles. The maximum absolute atomic E-state index is 11.0. The van der Waals surface area contributed by atoms with E-state index in [0.29, 0.717) is 0 Å². The Morgan fingerprint density at radius 2 is 1.91 bits per heavy atom. The minimum absolute atomic E-state index is 0.298. The Morgan fingerprint density at radius 1 is 1.45 bits per heavy atom. The van der Waals surface area contributed by atoms with Crippen molar-refractivity contribution in [2.24, 2.45) is 0 Å². The Hall–Kier alpha value is -1.12. The van der Waals surface area contributed by atoms with Crippen LogP contribution < -0.4 is 0 Å². The molecule has 0 saturated heterocycles. The van der Waals surface area contributed by atoms with E-state index >= 15 is 0 Å². The van der Waals surface area contributed by atoms with Gasteiger partial charge in [0.05, 0.1) is 0 Å². The highest BCUT2D eigenvalue weighted by molar-refractivity contribution is 5.97. The summed E-state index contributed by atoms with van der Waals surface area (Å²) in [6.45, 7) is 7.61. The monoisotopic (exact) mass is 156 g/mol. The molecule has 0 unspecified atom stereocenters. The SMILES string of the molecule is C=CC(=O)C(C)(C)OC(C)=O. The Kier molecular flexibility index (Phi) is 2.99. The van der Waals surface area contributed by atoms with Crippen LogP contribution in [-0.4, -0.2) is 17.4 Å². The highest BCUT2D eigenvalue weighted by atomic mass is 16.6. The van der Waals surface area contributed by atoms with E-state index in [-0.39, 0.29) is 5.78 Å². The lowest BCUT2D eigenvalue weighted by Gasteiger charge is -2.20. The van der Waals surface area contributed by atoms with Crippen molar-refractivity contribution in [3.8, 4) is 0 Å². The Labute approximate surface area is 66.0 Å². The second kappa shape index (κ2) is 3.32. The summed E-state index contributed by atoms with van der Waals surface area (Å²) >= 11 is 0. The third-order valence-corrected chi connectivity index (χ3v) is 1.18. The van der Waals surface area contributed by atoms with Gasteiger partial charge in [-0.05, 0) is 19.9 Å². The average Bonchev–Trinajstić information content (AvgIpc) is 1.83. The van der Waals surface area contributed by atoms with Gasteiger partial charge in [-0.15, -0.1) is 0 Å². The van der Waals surface area contributed by atoms with Crippen molar-refractivity contribution in [1.29, 1.82) is 0 Å². The summed E-state index contributed by atoms with van der Waals surface area (Å²) < 4.78 is 4.73. The summed E-state index contributed by atoms with van der Waals surface area (Å²) in [5, 5.41) is 0. The fourth-order valence-corrected chi connectivity index (χ4v) is 0.655. The summed E-state index contributed by atoms with van der Waals surface area (Å²) in [5.41, 5.74) is -1.08. The van der Waals surface area contributed by atoms with Crippen molar-refractivity contribution in [1.82, 2.24) is 0 Å². The van der Waals surface area contributed by atoms with Gasteiger partial charge in [-0.3, -0.25) is 9.59 Å². The van der Waals surface area contributed by atoms with Gasteiger partial charge in [-0.1, -0.05) is 6.58 Å². The van der Waals surface area contributed by atoms with Crippen LogP contribution in [0.25, 0.3) is 0 Å². The number of carbonyl (C=O) groups excluding carboxylic acids is 2. The van der Waals surface area contributed by atoms with Crippen LogP contribution in [0.2, 0.25) is 0 Å². The summed E-state index contributed by atoms with van der Waals surface area (Å²) in [4.78, 5) is 21.4. The van der Waals surface area contributed by atoms with Crippen LogP contribution in [-0.2, 0) is 14.3 Å². The van der Waals surface area contributed by atoms with E-state index in [1.165, 1.54) is 20.8 Å². The van der Waals surface area contributed by atoms with Gasteiger partial charge in [0, 0.05) is 6.92 Å². The van der Waals surface area contributed by atoms with E-state index in [1.807, 2.05) is 0 Å². The first-order chi connectivity index (χ1) is 4.90. The predicted octanol–water partition coefficient (Wildman–Crippen LogP) is 1.08. The highest BCUT2D eigenvalue weighted by Gasteiger charge is 2.27. The van der Waals surface area contributed by atoms with E-state index in [4.69, 9.17) is 4.74 Å². The Balaban J connectivity index is 4.32. The predicted molar refractivity (Wildman–Crippen MR) is 41.0 cm³/mol. The van der Waals surface area contributed by atoms with Crippen LogP contribution in [0.5, 0.6) is 0 Å². The number of hydrogen-bond acceptors (Lipinski definition) is 3. The van der Waals surface area contributed by atoms with Gasteiger partial charge < -0.3 is 4.74 Å². The van der Waals surface area contributed by atoms with Crippen LogP contribution in [0, 0.1) is 0 Å². The smallest absolute Gasteiger partial charge is 0.303 e. The van der Waals surface area contributed by atoms with Gasteiger partial charge in [0.2, 0.25) is 0 Å². The zero-order valence-corrected chi connectivity index (χ0v) is 7.01. The van der Waals surface area contributed by atoms with Crippen molar-refractivity contribution in [2.75, 3.05) is 0 Å². The van der Waals surface area contributed by atoms with Gasteiger partial charge in [0.1, 0.15) is 0 Å². The largest absolute Gasteiger partial charge is 0.451 e. The first-order valence-corrected chi connectivity index (χ1v) is 3.26. The van der Waals surface area contributed by atoms with Gasteiger partial charge in [0.25, 0.3) is 0 Å². The number of esters is 1. The van der Waals surface area contributed by atoms with Gasteiger partial charge >= 0.3 is 5.97 Å². The molecule has 0 aliphatic rings. The Bertz CT molecular complexity index is 192. The summed E-state index contributed by atoms with van der Waals surface area (Å²) in [6.07, 6.45) is 1.14. The molecule has 11 heavy (non-hydrogen) atoms. The van der Waals surface area contributed by atoms with Gasteiger partial charge in [-0.2, -0.15) is 0 Å². The topological polar surface area (TPSA) is 43.4 Å². The third-order valence-electron chi connectivity index (χ3n) is 1.18.